The number of hydrogen-bond acceptors (Lipinski definition) is 4. The van der Waals surface area contributed by atoms with Gasteiger partial charge in [0.2, 0.25) is 0 Å². The SMILES string of the molecule is CCCCCCCCOC(=O)CCCCC(=O)Oc1ccccc1CC. The van der Waals surface area contributed by atoms with Crippen LogP contribution in [0.3, 0.4) is 0 Å². The Labute approximate surface area is 158 Å². The number of carbonyl (C=O) groups excluding carboxylic acids is 2. The molecule has 0 aliphatic rings. The highest BCUT2D eigenvalue weighted by Crippen LogP contribution is 2.19. The monoisotopic (exact) mass is 362 g/mol. The summed E-state index contributed by atoms with van der Waals surface area (Å²) in [6.45, 7) is 4.75. The lowest BCUT2D eigenvalue weighted by Crippen LogP contribution is -2.10. The number of rotatable bonds is 14. The lowest BCUT2D eigenvalue weighted by molar-refractivity contribution is -0.144. The highest BCUT2D eigenvalue weighted by Gasteiger charge is 2.09. The van der Waals surface area contributed by atoms with Crippen molar-refractivity contribution in [2.45, 2.75) is 84.5 Å². The van der Waals surface area contributed by atoms with Crippen molar-refractivity contribution in [1.29, 1.82) is 0 Å². The molecule has 0 atom stereocenters. The molecule has 0 aliphatic carbocycles. The molecule has 0 bridgehead atoms. The van der Waals surface area contributed by atoms with Gasteiger partial charge in [-0.3, -0.25) is 9.59 Å². The molecule has 0 amide bonds. The quantitative estimate of drug-likeness (QED) is 0.245. The van der Waals surface area contributed by atoms with E-state index in [0.717, 1.165) is 24.8 Å². The molecule has 0 heterocycles. The lowest BCUT2D eigenvalue weighted by Gasteiger charge is -2.08. The van der Waals surface area contributed by atoms with E-state index in [9.17, 15) is 9.59 Å². The maximum atomic E-state index is 11.9. The predicted octanol–water partition coefficient (Wildman–Crippen LogP) is 5.62. The molecule has 1 aromatic carbocycles. The Kier molecular flexibility index (Phi) is 12.2. The maximum Gasteiger partial charge on any atom is 0.311 e. The van der Waals surface area contributed by atoms with Crippen LogP contribution in [-0.2, 0) is 20.7 Å². The molecular formula is C22H34O4. The number of carbonyl (C=O) groups is 2. The van der Waals surface area contributed by atoms with E-state index in [-0.39, 0.29) is 11.9 Å². The molecule has 1 aromatic rings. The number of aryl methyl sites for hydroxylation is 1. The average molecular weight is 363 g/mol. The molecule has 0 spiro atoms. The van der Waals surface area contributed by atoms with Gasteiger partial charge in [-0.15, -0.1) is 0 Å². The van der Waals surface area contributed by atoms with Crippen LogP contribution < -0.4 is 4.74 Å². The van der Waals surface area contributed by atoms with Crippen LogP contribution in [0, 0.1) is 0 Å². The third-order valence-corrected chi connectivity index (χ3v) is 4.35. The van der Waals surface area contributed by atoms with E-state index >= 15 is 0 Å². The van der Waals surface area contributed by atoms with Gasteiger partial charge in [-0.1, -0.05) is 64.2 Å². The second kappa shape index (κ2) is 14.3. The molecule has 0 unspecified atom stereocenters. The summed E-state index contributed by atoms with van der Waals surface area (Å²) in [6, 6.07) is 7.58. The van der Waals surface area contributed by atoms with Gasteiger partial charge in [0, 0.05) is 12.8 Å². The van der Waals surface area contributed by atoms with Crippen LogP contribution in [-0.4, -0.2) is 18.5 Å². The van der Waals surface area contributed by atoms with Gasteiger partial charge in [0.05, 0.1) is 6.61 Å². The van der Waals surface area contributed by atoms with Gasteiger partial charge in [-0.25, -0.2) is 0 Å². The summed E-state index contributed by atoms with van der Waals surface area (Å²) in [5, 5.41) is 0. The van der Waals surface area contributed by atoms with Crippen LogP contribution in [0.2, 0.25) is 0 Å². The van der Waals surface area contributed by atoms with Crippen LogP contribution in [0.25, 0.3) is 0 Å². The second-order valence-corrected chi connectivity index (χ2v) is 6.63. The van der Waals surface area contributed by atoms with E-state index < -0.39 is 0 Å². The lowest BCUT2D eigenvalue weighted by atomic mass is 10.1. The molecule has 0 saturated heterocycles. The van der Waals surface area contributed by atoms with Crippen LogP contribution in [0.1, 0.15) is 83.6 Å². The smallest absolute Gasteiger partial charge is 0.311 e. The van der Waals surface area contributed by atoms with Crippen LogP contribution >= 0.6 is 0 Å². The van der Waals surface area contributed by atoms with Crippen molar-refractivity contribution >= 4 is 11.9 Å². The molecule has 1 rings (SSSR count). The summed E-state index contributed by atoms with van der Waals surface area (Å²) >= 11 is 0. The minimum Gasteiger partial charge on any atom is -0.466 e. The summed E-state index contributed by atoms with van der Waals surface area (Å²) < 4.78 is 10.6. The molecule has 0 radical (unpaired) electrons. The highest BCUT2D eigenvalue weighted by atomic mass is 16.5. The standard InChI is InChI=1S/C22H34O4/c1-3-5-6-7-8-13-18-25-21(23)16-11-12-17-22(24)26-20-15-10-9-14-19(20)4-2/h9-10,14-15H,3-8,11-13,16-18H2,1-2H3. The zero-order valence-corrected chi connectivity index (χ0v) is 16.4. The Bertz CT molecular complexity index is 525. The van der Waals surface area contributed by atoms with Crippen molar-refractivity contribution in [3.8, 4) is 5.75 Å². The third-order valence-electron chi connectivity index (χ3n) is 4.35. The summed E-state index contributed by atoms with van der Waals surface area (Å²) in [6.07, 6.45) is 9.89. The number of hydrogen-bond donors (Lipinski definition) is 0. The van der Waals surface area contributed by atoms with Crippen LogP contribution in [0.4, 0.5) is 0 Å². The van der Waals surface area contributed by atoms with Crippen molar-refractivity contribution in [3.63, 3.8) is 0 Å². The molecular weight excluding hydrogens is 328 g/mol. The van der Waals surface area contributed by atoms with Crippen molar-refractivity contribution < 1.29 is 19.1 Å². The Morgan fingerprint density at radius 2 is 1.46 bits per heavy atom. The van der Waals surface area contributed by atoms with E-state index in [2.05, 4.69) is 6.92 Å². The van der Waals surface area contributed by atoms with E-state index in [1.54, 1.807) is 0 Å². The normalized spacial score (nSPS) is 10.5. The third kappa shape index (κ3) is 10.2. The molecule has 0 N–H and O–H groups in total. The van der Waals surface area contributed by atoms with E-state index in [1.165, 1.54) is 25.7 Å². The summed E-state index contributed by atoms with van der Waals surface area (Å²) in [5.74, 6) is 0.230. The Hall–Kier alpha value is -1.84. The zero-order chi connectivity index (χ0) is 19.0. The van der Waals surface area contributed by atoms with Gasteiger partial charge < -0.3 is 9.47 Å². The molecule has 0 fully saturated rings. The van der Waals surface area contributed by atoms with Crippen molar-refractivity contribution in [2.75, 3.05) is 6.61 Å². The predicted molar refractivity (Wildman–Crippen MR) is 104 cm³/mol. The number of benzene rings is 1. The average Bonchev–Trinajstić information content (AvgIpc) is 2.65. The molecule has 26 heavy (non-hydrogen) atoms. The first-order valence-electron chi connectivity index (χ1n) is 10.1. The van der Waals surface area contributed by atoms with E-state index in [0.29, 0.717) is 38.0 Å². The minimum atomic E-state index is -0.244. The Balaban J connectivity index is 2.05. The van der Waals surface area contributed by atoms with Crippen LogP contribution in [0.15, 0.2) is 24.3 Å². The topological polar surface area (TPSA) is 52.6 Å². The minimum absolute atomic E-state index is 0.164. The molecule has 146 valence electrons. The Morgan fingerprint density at radius 1 is 0.808 bits per heavy atom. The fraction of sp³-hybridized carbons (Fsp3) is 0.636. The number of ether oxygens (including phenoxy) is 2. The van der Waals surface area contributed by atoms with Crippen molar-refractivity contribution in [3.05, 3.63) is 29.8 Å². The van der Waals surface area contributed by atoms with Gasteiger partial charge in [0.25, 0.3) is 0 Å². The van der Waals surface area contributed by atoms with Crippen molar-refractivity contribution in [1.82, 2.24) is 0 Å². The number of esters is 2. The number of para-hydroxylation sites is 1. The molecule has 0 saturated carbocycles. The molecule has 4 nitrogen and oxygen atoms in total. The summed E-state index contributed by atoms with van der Waals surface area (Å²) in [5.41, 5.74) is 1.03. The van der Waals surface area contributed by atoms with Gasteiger partial charge in [0.15, 0.2) is 0 Å². The molecule has 4 heteroatoms. The second-order valence-electron chi connectivity index (χ2n) is 6.63. The first kappa shape index (κ1) is 22.2. The van der Waals surface area contributed by atoms with Crippen molar-refractivity contribution in [2.24, 2.45) is 0 Å². The fourth-order valence-electron chi connectivity index (χ4n) is 2.75. The Morgan fingerprint density at radius 3 is 2.19 bits per heavy atom. The number of unbranched alkanes of at least 4 members (excludes halogenated alkanes) is 6. The van der Waals surface area contributed by atoms with Gasteiger partial charge in [-0.2, -0.15) is 0 Å². The van der Waals surface area contributed by atoms with Crippen LogP contribution in [0.5, 0.6) is 5.75 Å². The summed E-state index contributed by atoms with van der Waals surface area (Å²) in [7, 11) is 0. The zero-order valence-electron chi connectivity index (χ0n) is 16.4. The van der Waals surface area contributed by atoms with Gasteiger partial charge in [0.1, 0.15) is 5.75 Å². The van der Waals surface area contributed by atoms with Gasteiger partial charge >= 0.3 is 11.9 Å². The summed E-state index contributed by atoms with van der Waals surface area (Å²) in [4.78, 5) is 23.6. The maximum absolute atomic E-state index is 11.9. The fourth-order valence-corrected chi connectivity index (χ4v) is 2.75. The van der Waals surface area contributed by atoms with E-state index in [4.69, 9.17) is 9.47 Å². The highest BCUT2D eigenvalue weighted by molar-refractivity contribution is 5.73. The molecule has 0 aromatic heterocycles. The largest absolute Gasteiger partial charge is 0.466 e. The first-order valence-corrected chi connectivity index (χ1v) is 10.1. The molecule has 0 aliphatic heterocycles. The first-order chi connectivity index (χ1) is 12.7. The van der Waals surface area contributed by atoms with Gasteiger partial charge in [-0.05, 0) is 37.3 Å². The van der Waals surface area contributed by atoms with E-state index in [1.807, 2.05) is 31.2 Å².